The minimum absolute atomic E-state index is 0.0236. The quantitative estimate of drug-likeness (QED) is 0.324. The Labute approximate surface area is 188 Å². The van der Waals surface area contributed by atoms with Crippen molar-refractivity contribution in [3.8, 4) is 11.5 Å². The molecule has 1 N–H and O–H groups in total. The summed E-state index contributed by atoms with van der Waals surface area (Å²) in [5.74, 6) is 0.216. The van der Waals surface area contributed by atoms with Crippen molar-refractivity contribution in [2.24, 2.45) is 0 Å². The number of carbonyl (C=O) groups is 2. The van der Waals surface area contributed by atoms with Crippen LogP contribution in [0.1, 0.15) is 31.9 Å². The number of imide groups is 1. The highest BCUT2D eigenvalue weighted by molar-refractivity contribution is 14.1. The van der Waals surface area contributed by atoms with Crippen molar-refractivity contribution in [2.45, 2.75) is 33.4 Å². The molecule has 0 aliphatic carbocycles. The largest absolute Gasteiger partial charge is 0.490 e. The number of hydrogen-bond acceptors (Lipinski definition) is 4. The summed E-state index contributed by atoms with van der Waals surface area (Å²) >= 11 is 2.14. The Morgan fingerprint density at radius 3 is 2.63 bits per heavy atom. The van der Waals surface area contributed by atoms with Crippen molar-refractivity contribution < 1.29 is 23.5 Å². The second-order valence-corrected chi connectivity index (χ2v) is 8.06. The summed E-state index contributed by atoms with van der Waals surface area (Å²) in [7, 11) is 0. The normalized spacial score (nSPS) is 15.1. The number of ether oxygens (including phenoxy) is 2. The lowest BCUT2D eigenvalue weighted by atomic mass is 10.1. The van der Waals surface area contributed by atoms with Gasteiger partial charge in [0, 0.05) is 5.56 Å². The molecule has 0 unspecified atom stereocenters. The molecule has 0 spiro atoms. The van der Waals surface area contributed by atoms with Crippen molar-refractivity contribution in [2.75, 3.05) is 6.61 Å². The number of amides is 3. The van der Waals surface area contributed by atoms with Crippen LogP contribution in [0.25, 0.3) is 6.08 Å². The van der Waals surface area contributed by atoms with Gasteiger partial charge in [0.05, 0.1) is 22.8 Å². The number of halogens is 2. The fourth-order valence-electron chi connectivity index (χ4n) is 2.96. The first-order valence-electron chi connectivity index (χ1n) is 9.51. The van der Waals surface area contributed by atoms with E-state index in [1.54, 1.807) is 30.3 Å². The molecular weight excluding hydrogens is 502 g/mol. The van der Waals surface area contributed by atoms with Gasteiger partial charge in [-0.1, -0.05) is 18.2 Å². The summed E-state index contributed by atoms with van der Waals surface area (Å²) in [6.45, 7) is 6.05. The van der Waals surface area contributed by atoms with Crippen LogP contribution in [0.4, 0.5) is 9.18 Å². The van der Waals surface area contributed by atoms with E-state index in [-0.39, 0.29) is 23.9 Å². The van der Waals surface area contributed by atoms with E-state index in [2.05, 4.69) is 27.9 Å². The highest BCUT2D eigenvalue weighted by Gasteiger charge is 2.34. The van der Waals surface area contributed by atoms with Crippen LogP contribution in [0.2, 0.25) is 0 Å². The smallest absolute Gasteiger partial charge is 0.329 e. The Hall–Kier alpha value is -2.62. The maximum atomic E-state index is 13.9. The molecule has 0 saturated carbocycles. The molecule has 1 saturated heterocycles. The molecule has 1 fully saturated rings. The van der Waals surface area contributed by atoms with Gasteiger partial charge in [0.1, 0.15) is 11.5 Å². The summed E-state index contributed by atoms with van der Waals surface area (Å²) in [5, 5.41) is 2.56. The number of nitrogens with one attached hydrogen (secondary N) is 1. The van der Waals surface area contributed by atoms with E-state index in [1.165, 1.54) is 6.07 Å². The molecule has 0 radical (unpaired) electrons. The molecule has 3 amide bonds. The molecule has 0 atom stereocenters. The highest BCUT2D eigenvalue weighted by atomic mass is 127. The van der Waals surface area contributed by atoms with Crippen LogP contribution < -0.4 is 14.8 Å². The predicted molar refractivity (Wildman–Crippen MR) is 120 cm³/mol. The van der Waals surface area contributed by atoms with Gasteiger partial charge in [0.2, 0.25) is 0 Å². The number of rotatable bonds is 7. The Balaban J connectivity index is 1.88. The first-order valence-corrected chi connectivity index (χ1v) is 10.6. The van der Waals surface area contributed by atoms with E-state index in [0.29, 0.717) is 23.7 Å². The molecule has 1 aliphatic heterocycles. The zero-order valence-electron chi connectivity index (χ0n) is 16.9. The molecule has 0 aromatic heterocycles. The van der Waals surface area contributed by atoms with Gasteiger partial charge in [-0.05, 0) is 73.2 Å². The maximum absolute atomic E-state index is 13.9. The van der Waals surface area contributed by atoms with Gasteiger partial charge >= 0.3 is 6.03 Å². The molecule has 2 aromatic rings. The van der Waals surface area contributed by atoms with Crippen LogP contribution >= 0.6 is 22.6 Å². The number of urea groups is 1. The Bertz CT molecular complexity index is 1010. The zero-order chi connectivity index (χ0) is 21.8. The van der Waals surface area contributed by atoms with E-state index in [9.17, 15) is 14.0 Å². The Kier molecular flexibility index (Phi) is 6.96. The standard InChI is InChI=1S/C22H22FIN2O4/c1-4-29-19-11-14(9-17(24)20(19)30-13(2)3)10-18-21(27)26(22(28)25-18)12-15-7-5-6-8-16(15)23/h5-11,13H,4,12H2,1-3H3,(H,25,28)/b18-10-. The lowest BCUT2D eigenvalue weighted by Gasteiger charge is -2.17. The van der Waals surface area contributed by atoms with Crippen molar-refractivity contribution >= 4 is 40.6 Å². The molecule has 3 rings (SSSR count). The van der Waals surface area contributed by atoms with Gasteiger partial charge in [-0.2, -0.15) is 0 Å². The third-order valence-electron chi connectivity index (χ3n) is 4.24. The van der Waals surface area contributed by atoms with Crippen LogP contribution in [-0.2, 0) is 11.3 Å². The highest BCUT2D eigenvalue weighted by Crippen LogP contribution is 2.36. The van der Waals surface area contributed by atoms with Crippen LogP contribution in [0.3, 0.4) is 0 Å². The van der Waals surface area contributed by atoms with Crippen LogP contribution in [-0.4, -0.2) is 29.5 Å². The third-order valence-corrected chi connectivity index (χ3v) is 5.05. The number of nitrogens with zero attached hydrogens (tertiary/aromatic N) is 1. The number of hydrogen-bond donors (Lipinski definition) is 1. The molecule has 1 aliphatic rings. The second kappa shape index (κ2) is 9.46. The van der Waals surface area contributed by atoms with E-state index >= 15 is 0 Å². The van der Waals surface area contributed by atoms with Crippen molar-refractivity contribution in [3.63, 3.8) is 0 Å². The summed E-state index contributed by atoms with van der Waals surface area (Å²) in [5.41, 5.74) is 1.06. The summed E-state index contributed by atoms with van der Waals surface area (Å²) in [6, 6.07) is 9.06. The van der Waals surface area contributed by atoms with Crippen molar-refractivity contribution in [1.29, 1.82) is 0 Å². The topological polar surface area (TPSA) is 67.9 Å². The first kappa shape index (κ1) is 22.1. The molecule has 0 bridgehead atoms. The fraction of sp³-hybridized carbons (Fsp3) is 0.273. The summed E-state index contributed by atoms with van der Waals surface area (Å²) < 4.78 is 26.3. The summed E-state index contributed by atoms with van der Waals surface area (Å²) in [4.78, 5) is 26.0. The molecule has 158 valence electrons. The minimum atomic E-state index is -0.589. The average Bonchev–Trinajstić information content (AvgIpc) is 2.93. The zero-order valence-corrected chi connectivity index (χ0v) is 19.0. The summed E-state index contributed by atoms with van der Waals surface area (Å²) in [6.07, 6.45) is 1.55. The van der Waals surface area contributed by atoms with E-state index in [1.807, 2.05) is 26.8 Å². The Morgan fingerprint density at radius 2 is 1.97 bits per heavy atom. The minimum Gasteiger partial charge on any atom is -0.490 e. The van der Waals surface area contributed by atoms with Gasteiger partial charge < -0.3 is 14.8 Å². The predicted octanol–water partition coefficient (Wildman–Crippen LogP) is 4.71. The average molecular weight is 524 g/mol. The second-order valence-electron chi connectivity index (χ2n) is 6.90. The molecule has 6 nitrogen and oxygen atoms in total. The Morgan fingerprint density at radius 1 is 1.23 bits per heavy atom. The van der Waals surface area contributed by atoms with Crippen LogP contribution in [0, 0.1) is 9.39 Å². The number of benzene rings is 2. The monoisotopic (exact) mass is 524 g/mol. The van der Waals surface area contributed by atoms with Gasteiger partial charge in [0.15, 0.2) is 11.5 Å². The van der Waals surface area contributed by atoms with Crippen molar-refractivity contribution in [3.05, 3.63) is 62.6 Å². The van der Waals surface area contributed by atoms with E-state index < -0.39 is 17.8 Å². The SMILES string of the molecule is CCOc1cc(/C=C2\NC(=O)N(Cc3ccccc3F)C2=O)cc(I)c1OC(C)C. The van der Waals surface area contributed by atoms with Gasteiger partial charge in [-0.3, -0.25) is 9.69 Å². The van der Waals surface area contributed by atoms with Crippen LogP contribution in [0.15, 0.2) is 42.1 Å². The maximum Gasteiger partial charge on any atom is 0.329 e. The molecule has 1 heterocycles. The molecule has 2 aromatic carbocycles. The fourth-order valence-corrected chi connectivity index (χ4v) is 3.72. The van der Waals surface area contributed by atoms with Gasteiger partial charge in [-0.25, -0.2) is 9.18 Å². The van der Waals surface area contributed by atoms with Crippen molar-refractivity contribution in [1.82, 2.24) is 10.2 Å². The van der Waals surface area contributed by atoms with Crippen LogP contribution in [0.5, 0.6) is 11.5 Å². The van der Waals surface area contributed by atoms with Gasteiger partial charge in [0.25, 0.3) is 5.91 Å². The molecule has 30 heavy (non-hydrogen) atoms. The lowest BCUT2D eigenvalue weighted by Crippen LogP contribution is -2.30. The molecule has 8 heteroatoms. The van der Waals surface area contributed by atoms with E-state index in [0.717, 1.165) is 8.47 Å². The third kappa shape index (κ3) is 4.92. The first-order chi connectivity index (χ1) is 14.3. The molecular formula is C22H22FIN2O4. The number of carbonyl (C=O) groups excluding carboxylic acids is 2. The van der Waals surface area contributed by atoms with E-state index in [4.69, 9.17) is 9.47 Å². The van der Waals surface area contributed by atoms with Gasteiger partial charge in [-0.15, -0.1) is 0 Å². The lowest BCUT2D eigenvalue weighted by molar-refractivity contribution is -0.123.